The number of para-hydroxylation sites is 1. The van der Waals surface area contributed by atoms with Gasteiger partial charge in [-0.1, -0.05) is 44.1 Å². The normalized spacial score (nSPS) is 11.5. The molecule has 2 rings (SSSR count). The van der Waals surface area contributed by atoms with Crippen molar-refractivity contribution in [2.45, 2.75) is 31.2 Å². The molecule has 0 radical (unpaired) electrons. The Kier molecular flexibility index (Phi) is 3.43. The molecule has 0 atom stereocenters. The van der Waals surface area contributed by atoms with Crippen LogP contribution in [0.3, 0.4) is 0 Å². The van der Waals surface area contributed by atoms with Crippen LogP contribution in [0, 0.1) is 0 Å². The van der Waals surface area contributed by atoms with Crippen LogP contribution in [-0.2, 0) is 5.41 Å². The fourth-order valence-electron chi connectivity index (χ4n) is 1.28. The van der Waals surface area contributed by atoms with E-state index in [4.69, 9.17) is 4.52 Å². The highest BCUT2D eigenvalue weighted by Crippen LogP contribution is 2.27. The standard InChI is InChI=1S/C13H16N2OS/c1-13(2,3)11-9-12(14-16-11)17-15-10-7-5-4-6-8-10/h4-9,15H,1-3H3. The first-order valence-corrected chi connectivity index (χ1v) is 6.32. The van der Waals surface area contributed by atoms with Gasteiger partial charge in [0.15, 0.2) is 5.03 Å². The number of benzene rings is 1. The van der Waals surface area contributed by atoms with Crippen LogP contribution < -0.4 is 4.72 Å². The number of rotatable bonds is 3. The van der Waals surface area contributed by atoms with E-state index in [0.29, 0.717) is 0 Å². The molecule has 1 heterocycles. The van der Waals surface area contributed by atoms with Gasteiger partial charge in [-0.05, 0) is 12.1 Å². The van der Waals surface area contributed by atoms with Gasteiger partial charge in [0.05, 0.1) is 0 Å². The second-order valence-corrected chi connectivity index (χ2v) is 5.68. The van der Waals surface area contributed by atoms with Crippen molar-refractivity contribution >= 4 is 17.6 Å². The van der Waals surface area contributed by atoms with Crippen LogP contribution in [0.2, 0.25) is 0 Å². The van der Waals surface area contributed by atoms with Gasteiger partial charge in [0.1, 0.15) is 5.76 Å². The lowest BCUT2D eigenvalue weighted by atomic mass is 9.94. The third kappa shape index (κ3) is 3.27. The van der Waals surface area contributed by atoms with E-state index < -0.39 is 0 Å². The zero-order valence-electron chi connectivity index (χ0n) is 10.2. The molecule has 0 amide bonds. The minimum Gasteiger partial charge on any atom is -0.360 e. The molecule has 0 aliphatic rings. The SMILES string of the molecule is CC(C)(C)c1cc(SNc2ccccc2)no1. The Morgan fingerprint density at radius 1 is 1.18 bits per heavy atom. The maximum Gasteiger partial charge on any atom is 0.160 e. The summed E-state index contributed by atoms with van der Waals surface area (Å²) in [6, 6.07) is 12.0. The fourth-order valence-corrected chi connectivity index (χ4v) is 1.88. The van der Waals surface area contributed by atoms with Crippen LogP contribution in [0.5, 0.6) is 0 Å². The van der Waals surface area contributed by atoms with Crippen LogP contribution in [-0.4, -0.2) is 5.16 Å². The van der Waals surface area contributed by atoms with Gasteiger partial charge in [-0.25, -0.2) is 0 Å². The van der Waals surface area contributed by atoms with Crippen molar-refractivity contribution in [2.75, 3.05) is 4.72 Å². The van der Waals surface area contributed by atoms with Gasteiger partial charge in [-0.3, -0.25) is 0 Å². The molecule has 0 unspecified atom stereocenters. The molecule has 90 valence electrons. The number of hydrogen-bond acceptors (Lipinski definition) is 4. The molecule has 0 aliphatic carbocycles. The van der Waals surface area contributed by atoms with Crippen molar-refractivity contribution in [3.05, 3.63) is 42.2 Å². The Hall–Kier alpha value is -1.42. The zero-order chi connectivity index (χ0) is 12.3. The van der Waals surface area contributed by atoms with E-state index in [0.717, 1.165) is 16.5 Å². The van der Waals surface area contributed by atoms with Crippen molar-refractivity contribution in [1.82, 2.24) is 5.16 Å². The van der Waals surface area contributed by atoms with Crippen LogP contribution in [0.25, 0.3) is 0 Å². The summed E-state index contributed by atoms with van der Waals surface area (Å²) in [5, 5.41) is 4.87. The average Bonchev–Trinajstić information content (AvgIpc) is 2.76. The number of hydrogen-bond donors (Lipinski definition) is 1. The Labute approximate surface area is 106 Å². The first-order valence-electron chi connectivity index (χ1n) is 5.51. The Balaban J connectivity index is 1.99. The summed E-state index contributed by atoms with van der Waals surface area (Å²) in [7, 11) is 0. The molecule has 4 heteroatoms. The molecule has 0 saturated heterocycles. The van der Waals surface area contributed by atoms with Crippen molar-refractivity contribution in [3.8, 4) is 0 Å². The van der Waals surface area contributed by atoms with Crippen molar-refractivity contribution in [3.63, 3.8) is 0 Å². The predicted molar refractivity (Wildman–Crippen MR) is 71.1 cm³/mol. The molecule has 0 spiro atoms. The molecule has 0 aliphatic heterocycles. The molecule has 1 N–H and O–H groups in total. The van der Waals surface area contributed by atoms with E-state index in [9.17, 15) is 0 Å². The van der Waals surface area contributed by atoms with Crippen LogP contribution >= 0.6 is 11.9 Å². The lowest BCUT2D eigenvalue weighted by molar-refractivity contribution is 0.322. The molecule has 2 aromatic rings. The van der Waals surface area contributed by atoms with Crippen molar-refractivity contribution in [1.29, 1.82) is 0 Å². The molecule has 17 heavy (non-hydrogen) atoms. The molecular formula is C13H16N2OS. The van der Waals surface area contributed by atoms with E-state index in [1.807, 2.05) is 36.4 Å². The van der Waals surface area contributed by atoms with Gasteiger partial charge in [0.25, 0.3) is 0 Å². The van der Waals surface area contributed by atoms with E-state index in [1.165, 1.54) is 11.9 Å². The molecule has 0 saturated carbocycles. The predicted octanol–water partition coefficient (Wildman–Crippen LogP) is 4.09. The smallest absolute Gasteiger partial charge is 0.160 e. The highest BCUT2D eigenvalue weighted by Gasteiger charge is 2.19. The summed E-state index contributed by atoms with van der Waals surface area (Å²) in [5.41, 5.74) is 1.05. The minimum absolute atomic E-state index is 0.00143. The lowest BCUT2D eigenvalue weighted by Crippen LogP contribution is -2.09. The van der Waals surface area contributed by atoms with Gasteiger partial charge >= 0.3 is 0 Å². The molecule has 3 nitrogen and oxygen atoms in total. The quantitative estimate of drug-likeness (QED) is 0.830. The van der Waals surface area contributed by atoms with E-state index in [-0.39, 0.29) is 5.41 Å². The van der Waals surface area contributed by atoms with E-state index in [1.54, 1.807) is 0 Å². The van der Waals surface area contributed by atoms with E-state index >= 15 is 0 Å². The van der Waals surface area contributed by atoms with Crippen molar-refractivity contribution < 1.29 is 4.52 Å². The molecule has 1 aromatic carbocycles. The maximum atomic E-state index is 5.31. The highest BCUT2D eigenvalue weighted by molar-refractivity contribution is 8.00. The van der Waals surface area contributed by atoms with Crippen molar-refractivity contribution in [2.24, 2.45) is 0 Å². The molecule has 0 fully saturated rings. The molecule has 1 aromatic heterocycles. The van der Waals surface area contributed by atoms with Gasteiger partial charge < -0.3 is 9.25 Å². The van der Waals surface area contributed by atoms with Crippen LogP contribution in [0.15, 0.2) is 45.9 Å². The Morgan fingerprint density at radius 2 is 1.88 bits per heavy atom. The van der Waals surface area contributed by atoms with Crippen LogP contribution in [0.4, 0.5) is 5.69 Å². The first-order chi connectivity index (χ1) is 8.05. The Bertz CT molecular complexity index is 474. The summed E-state index contributed by atoms with van der Waals surface area (Å²) in [5.74, 6) is 0.898. The third-order valence-corrected chi connectivity index (χ3v) is 3.01. The summed E-state index contributed by atoms with van der Waals surface area (Å²) < 4.78 is 8.53. The largest absolute Gasteiger partial charge is 0.360 e. The van der Waals surface area contributed by atoms with Gasteiger partial charge in [-0.2, -0.15) is 0 Å². The maximum absolute atomic E-state index is 5.31. The topological polar surface area (TPSA) is 38.1 Å². The second-order valence-electron chi connectivity index (χ2n) is 4.85. The zero-order valence-corrected chi connectivity index (χ0v) is 11.0. The molecular weight excluding hydrogens is 232 g/mol. The number of anilines is 1. The second kappa shape index (κ2) is 4.84. The average molecular weight is 248 g/mol. The number of nitrogens with one attached hydrogen (secondary N) is 1. The Morgan fingerprint density at radius 3 is 2.47 bits per heavy atom. The number of nitrogens with zero attached hydrogens (tertiary/aromatic N) is 1. The summed E-state index contributed by atoms with van der Waals surface area (Å²) in [6.07, 6.45) is 0. The monoisotopic (exact) mass is 248 g/mol. The molecule has 0 bridgehead atoms. The summed E-state index contributed by atoms with van der Waals surface area (Å²) >= 11 is 1.46. The van der Waals surface area contributed by atoms with Gasteiger partial charge in [0.2, 0.25) is 0 Å². The third-order valence-electron chi connectivity index (χ3n) is 2.27. The summed E-state index contributed by atoms with van der Waals surface area (Å²) in [6.45, 7) is 6.31. The van der Waals surface area contributed by atoms with Gasteiger partial charge in [0, 0.05) is 29.1 Å². The fraction of sp³-hybridized carbons (Fsp3) is 0.308. The highest BCUT2D eigenvalue weighted by atomic mass is 32.2. The van der Waals surface area contributed by atoms with Gasteiger partial charge in [-0.15, -0.1) is 0 Å². The van der Waals surface area contributed by atoms with E-state index in [2.05, 4.69) is 30.6 Å². The minimum atomic E-state index is -0.00143. The van der Waals surface area contributed by atoms with Crippen LogP contribution in [0.1, 0.15) is 26.5 Å². The summed E-state index contributed by atoms with van der Waals surface area (Å²) in [4.78, 5) is 0. The number of aromatic nitrogens is 1. The first kappa shape index (κ1) is 12.0. The lowest BCUT2D eigenvalue weighted by Gasteiger charge is -2.12.